The standard InChI is InChI=1S/C24H20ClNO5S/c1-17-4-10-21(11-5-17)32(28,29)23-13-12-22(31-23)24(27)26(16-20-3-2-14-30-20)15-18-6-8-19(25)9-7-18/h2-14H,15-16H2,1H3. The second-order valence-corrected chi connectivity index (χ2v) is 9.62. The molecule has 2 heterocycles. The van der Waals surface area contributed by atoms with Crippen LogP contribution in [-0.4, -0.2) is 19.2 Å². The molecule has 2 aromatic heterocycles. The molecule has 2 aromatic carbocycles. The Morgan fingerprint density at radius 2 is 1.66 bits per heavy atom. The summed E-state index contributed by atoms with van der Waals surface area (Å²) in [6.45, 7) is 2.32. The minimum atomic E-state index is -3.88. The van der Waals surface area contributed by atoms with Gasteiger partial charge in [-0.25, -0.2) is 8.42 Å². The molecular formula is C24H20ClNO5S. The van der Waals surface area contributed by atoms with Gasteiger partial charge in [-0.1, -0.05) is 41.4 Å². The first-order chi connectivity index (χ1) is 15.3. The van der Waals surface area contributed by atoms with Crippen molar-refractivity contribution in [2.75, 3.05) is 0 Å². The molecule has 32 heavy (non-hydrogen) atoms. The quantitative estimate of drug-likeness (QED) is 0.356. The van der Waals surface area contributed by atoms with Gasteiger partial charge in [-0.15, -0.1) is 0 Å². The van der Waals surface area contributed by atoms with Crippen LogP contribution in [0.4, 0.5) is 0 Å². The first-order valence-electron chi connectivity index (χ1n) is 9.80. The molecule has 0 fully saturated rings. The molecule has 6 nitrogen and oxygen atoms in total. The Hall–Kier alpha value is -3.29. The molecule has 1 amide bonds. The number of carbonyl (C=O) groups is 1. The Morgan fingerprint density at radius 1 is 0.938 bits per heavy atom. The maximum atomic E-state index is 13.2. The van der Waals surface area contributed by atoms with Crippen LogP contribution in [-0.2, 0) is 22.9 Å². The number of amides is 1. The zero-order chi connectivity index (χ0) is 22.7. The summed E-state index contributed by atoms with van der Waals surface area (Å²) in [4.78, 5) is 14.9. The normalized spacial score (nSPS) is 11.4. The lowest BCUT2D eigenvalue weighted by Crippen LogP contribution is -2.29. The summed E-state index contributed by atoms with van der Waals surface area (Å²) in [6, 6.07) is 19.7. The van der Waals surface area contributed by atoms with Crippen LogP contribution in [0.1, 0.15) is 27.4 Å². The highest BCUT2D eigenvalue weighted by molar-refractivity contribution is 7.91. The molecule has 0 atom stereocenters. The molecule has 4 aromatic rings. The van der Waals surface area contributed by atoms with Gasteiger partial charge < -0.3 is 13.7 Å². The zero-order valence-corrected chi connectivity index (χ0v) is 18.8. The number of sulfone groups is 1. The van der Waals surface area contributed by atoms with Crippen molar-refractivity contribution in [3.05, 3.63) is 107 Å². The number of aryl methyl sites for hydroxylation is 1. The molecule has 0 aliphatic rings. The van der Waals surface area contributed by atoms with Crippen molar-refractivity contribution < 1.29 is 22.0 Å². The number of furan rings is 2. The Bertz CT molecular complexity index is 1310. The van der Waals surface area contributed by atoms with E-state index < -0.39 is 15.7 Å². The van der Waals surface area contributed by atoms with Crippen LogP contribution in [0.25, 0.3) is 0 Å². The van der Waals surface area contributed by atoms with E-state index in [2.05, 4.69) is 0 Å². The Balaban J connectivity index is 1.61. The minimum absolute atomic E-state index is 0.0730. The highest BCUT2D eigenvalue weighted by Crippen LogP contribution is 2.25. The fourth-order valence-corrected chi connectivity index (χ4v) is 4.47. The highest BCUT2D eigenvalue weighted by atomic mass is 35.5. The third-order valence-electron chi connectivity index (χ3n) is 4.89. The van der Waals surface area contributed by atoms with Crippen molar-refractivity contribution in [1.29, 1.82) is 0 Å². The Kier molecular flexibility index (Phi) is 6.21. The van der Waals surface area contributed by atoms with Gasteiger partial charge in [-0.05, 0) is 61.0 Å². The van der Waals surface area contributed by atoms with Crippen molar-refractivity contribution in [1.82, 2.24) is 4.90 Å². The second kappa shape index (κ2) is 9.06. The van der Waals surface area contributed by atoms with E-state index in [0.29, 0.717) is 10.8 Å². The van der Waals surface area contributed by atoms with Gasteiger partial charge in [0.05, 0.1) is 17.7 Å². The van der Waals surface area contributed by atoms with E-state index in [1.54, 1.807) is 36.4 Å². The van der Waals surface area contributed by atoms with Gasteiger partial charge in [-0.2, -0.15) is 0 Å². The summed E-state index contributed by atoms with van der Waals surface area (Å²) in [7, 11) is -3.88. The molecule has 4 rings (SSSR count). The van der Waals surface area contributed by atoms with Crippen LogP contribution in [0, 0.1) is 6.92 Å². The zero-order valence-electron chi connectivity index (χ0n) is 17.2. The molecule has 164 valence electrons. The molecule has 0 aliphatic carbocycles. The van der Waals surface area contributed by atoms with Crippen molar-refractivity contribution in [3.63, 3.8) is 0 Å². The van der Waals surface area contributed by atoms with Crippen LogP contribution in [0.3, 0.4) is 0 Å². The molecular weight excluding hydrogens is 450 g/mol. The minimum Gasteiger partial charge on any atom is -0.467 e. The number of nitrogens with zero attached hydrogens (tertiary/aromatic N) is 1. The third-order valence-corrected chi connectivity index (χ3v) is 6.78. The van der Waals surface area contributed by atoms with Gasteiger partial charge in [0.2, 0.25) is 14.9 Å². The lowest BCUT2D eigenvalue weighted by Gasteiger charge is -2.21. The van der Waals surface area contributed by atoms with Crippen LogP contribution >= 0.6 is 11.6 Å². The molecule has 0 aliphatic heterocycles. The van der Waals surface area contributed by atoms with Gasteiger partial charge in [0.25, 0.3) is 5.91 Å². The topological polar surface area (TPSA) is 80.7 Å². The van der Waals surface area contributed by atoms with Crippen molar-refractivity contribution >= 4 is 27.3 Å². The molecule has 0 spiro atoms. The van der Waals surface area contributed by atoms with Gasteiger partial charge in [0, 0.05) is 11.6 Å². The SMILES string of the molecule is Cc1ccc(S(=O)(=O)c2ccc(C(=O)N(Cc3ccc(Cl)cc3)Cc3ccco3)o2)cc1. The molecule has 0 radical (unpaired) electrons. The van der Waals surface area contributed by atoms with Crippen LogP contribution in [0.15, 0.2) is 97.9 Å². The van der Waals surface area contributed by atoms with Gasteiger partial charge in [0.1, 0.15) is 5.76 Å². The van der Waals surface area contributed by atoms with E-state index in [-0.39, 0.29) is 28.8 Å². The van der Waals surface area contributed by atoms with Crippen LogP contribution < -0.4 is 0 Å². The fourth-order valence-electron chi connectivity index (χ4n) is 3.17. The largest absolute Gasteiger partial charge is 0.467 e. The Morgan fingerprint density at radius 3 is 2.31 bits per heavy atom. The number of hydrogen-bond acceptors (Lipinski definition) is 5. The Labute approximate surface area is 191 Å². The van der Waals surface area contributed by atoms with Gasteiger partial charge in [0.15, 0.2) is 5.76 Å². The van der Waals surface area contributed by atoms with E-state index >= 15 is 0 Å². The molecule has 0 saturated heterocycles. The maximum absolute atomic E-state index is 13.2. The predicted molar refractivity (Wildman–Crippen MR) is 119 cm³/mol. The lowest BCUT2D eigenvalue weighted by atomic mass is 10.2. The van der Waals surface area contributed by atoms with E-state index in [4.69, 9.17) is 20.4 Å². The number of carbonyl (C=O) groups excluding carboxylic acids is 1. The monoisotopic (exact) mass is 469 g/mol. The molecule has 0 N–H and O–H groups in total. The fraction of sp³-hybridized carbons (Fsp3) is 0.125. The highest BCUT2D eigenvalue weighted by Gasteiger charge is 2.26. The summed E-state index contributed by atoms with van der Waals surface area (Å²) in [5.41, 5.74) is 1.79. The predicted octanol–water partition coefficient (Wildman–Crippen LogP) is 5.51. The first kappa shape index (κ1) is 21.9. The van der Waals surface area contributed by atoms with Gasteiger partial charge >= 0.3 is 0 Å². The third kappa shape index (κ3) is 4.79. The van der Waals surface area contributed by atoms with E-state index in [9.17, 15) is 13.2 Å². The summed E-state index contributed by atoms with van der Waals surface area (Å²) < 4.78 is 36.7. The van der Waals surface area contributed by atoms with Crippen molar-refractivity contribution in [2.24, 2.45) is 0 Å². The van der Waals surface area contributed by atoms with Crippen LogP contribution in [0.2, 0.25) is 5.02 Å². The van der Waals surface area contributed by atoms with Crippen molar-refractivity contribution in [3.8, 4) is 0 Å². The smallest absolute Gasteiger partial charge is 0.290 e. The molecule has 0 unspecified atom stereocenters. The number of benzene rings is 2. The maximum Gasteiger partial charge on any atom is 0.290 e. The molecule has 8 heteroatoms. The number of hydrogen-bond donors (Lipinski definition) is 0. The van der Waals surface area contributed by atoms with E-state index in [1.807, 2.05) is 19.1 Å². The number of rotatable bonds is 7. The first-order valence-corrected chi connectivity index (χ1v) is 11.7. The molecule has 0 bridgehead atoms. The summed E-state index contributed by atoms with van der Waals surface area (Å²) in [5.74, 6) is 0.0595. The van der Waals surface area contributed by atoms with E-state index in [0.717, 1.165) is 11.1 Å². The lowest BCUT2D eigenvalue weighted by molar-refractivity contribution is 0.0679. The van der Waals surface area contributed by atoms with Gasteiger partial charge in [-0.3, -0.25) is 4.79 Å². The average Bonchev–Trinajstić information content (AvgIpc) is 3.47. The second-order valence-electron chi connectivity index (χ2n) is 7.30. The van der Waals surface area contributed by atoms with E-state index in [1.165, 1.54) is 35.4 Å². The summed E-state index contributed by atoms with van der Waals surface area (Å²) in [6.07, 6.45) is 1.53. The average molecular weight is 470 g/mol. The summed E-state index contributed by atoms with van der Waals surface area (Å²) >= 11 is 5.96. The summed E-state index contributed by atoms with van der Waals surface area (Å²) in [5, 5.41) is 0.309. The number of halogens is 1. The molecule has 0 saturated carbocycles. The van der Waals surface area contributed by atoms with Crippen LogP contribution in [0.5, 0.6) is 0 Å². The van der Waals surface area contributed by atoms with Crippen molar-refractivity contribution in [2.45, 2.75) is 30.0 Å².